The Labute approximate surface area is 219 Å². The van der Waals surface area contributed by atoms with Gasteiger partial charge in [-0.1, -0.05) is 0 Å². The van der Waals surface area contributed by atoms with Crippen LogP contribution in [0.5, 0.6) is 0 Å². The Kier molecular flexibility index (Phi) is 6.88. The summed E-state index contributed by atoms with van der Waals surface area (Å²) in [5.74, 6) is -0.192. The van der Waals surface area contributed by atoms with Crippen molar-refractivity contribution in [3.8, 4) is 5.69 Å². The van der Waals surface area contributed by atoms with Crippen molar-refractivity contribution >= 4 is 28.5 Å². The molecule has 3 aromatic heterocycles. The summed E-state index contributed by atoms with van der Waals surface area (Å²) >= 11 is 0. The zero-order valence-electron chi connectivity index (χ0n) is 21.3. The fourth-order valence-corrected chi connectivity index (χ4v) is 4.88. The van der Waals surface area contributed by atoms with Crippen molar-refractivity contribution in [2.75, 3.05) is 69.7 Å². The Hall–Kier alpha value is -3.67. The van der Waals surface area contributed by atoms with Gasteiger partial charge in [-0.25, -0.2) is 18.7 Å². The Morgan fingerprint density at radius 1 is 0.895 bits per heavy atom. The molecule has 9 nitrogen and oxygen atoms in total. The molecule has 0 aliphatic carbocycles. The normalized spacial score (nSPS) is 17.3. The maximum atomic E-state index is 15.0. The molecule has 0 saturated carbocycles. The van der Waals surface area contributed by atoms with Gasteiger partial charge in [0, 0.05) is 69.2 Å². The van der Waals surface area contributed by atoms with Crippen LogP contribution in [-0.2, 0) is 11.3 Å². The van der Waals surface area contributed by atoms with Gasteiger partial charge in [0.05, 0.1) is 30.8 Å². The molecule has 4 aromatic rings. The topological polar surface area (TPSA) is 74.6 Å². The third-order valence-electron chi connectivity index (χ3n) is 7.17. The average Bonchev–Trinajstić information content (AvgIpc) is 3.35. The number of likely N-dealkylation sites (N-methyl/N-ethyl adjacent to an activating group) is 1. The molecule has 6 rings (SSSR count). The van der Waals surface area contributed by atoms with Crippen molar-refractivity contribution in [1.82, 2.24) is 29.3 Å². The average molecular weight is 521 g/mol. The van der Waals surface area contributed by atoms with E-state index in [0.29, 0.717) is 49.4 Å². The first-order valence-electron chi connectivity index (χ1n) is 12.8. The van der Waals surface area contributed by atoms with Gasteiger partial charge in [0.15, 0.2) is 0 Å². The zero-order valence-corrected chi connectivity index (χ0v) is 21.3. The van der Waals surface area contributed by atoms with Gasteiger partial charge in [0.1, 0.15) is 23.1 Å². The van der Waals surface area contributed by atoms with Crippen molar-refractivity contribution in [2.24, 2.45) is 0 Å². The molecule has 11 heteroatoms. The van der Waals surface area contributed by atoms with Crippen LogP contribution in [0, 0.1) is 11.6 Å². The quantitative estimate of drug-likeness (QED) is 0.415. The van der Waals surface area contributed by atoms with Crippen LogP contribution in [0.4, 0.5) is 26.2 Å². The van der Waals surface area contributed by atoms with E-state index in [9.17, 15) is 0 Å². The van der Waals surface area contributed by atoms with Crippen molar-refractivity contribution in [2.45, 2.75) is 6.54 Å². The van der Waals surface area contributed by atoms with Crippen LogP contribution in [0.2, 0.25) is 0 Å². The summed E-state index contributed by atoms with van der Waals surface area (Å²) in [6, 6.07) is 8.46. The lowest BCUT2D eigenvalue weighted by Gasteiger charge is -2.33. The Bertz CT molecular complexity index is 1390. The lowest BCUT2D eigenvalue weighted by Crippen LogP contribution is -2.44. The summed E-state index contributed by atoms with van der Waals surface area (Å²) in [5.41, 5.74) is 2.04. The predicted octanol–water partition coefficient (Wildman–Crippen LogP) is 3.42. The molecule has 2 aliphatic rings. The van der Waals surface area contributed by atoms with E-state index in [4.69, 9.17) is 4.74 Å². The molecule has 2 fully saturated rings. The highest BCUT2D eigenvalue weighted by atomic mass is 19.1. The lowest BCUT2D eigenvalue weighted by molar-refractivity contribution is 0.0332. The third kappa shape index (κ3) is 5.17. The summed E-state index contributed by atoms with van der Waals surface area (Å²) < 4.78 is 37.1. The SMILES string of the molecule is CN1CCN(c2ccc(Nc3ncc4ccn(-c5cc(F)c(CN6CCOCC6)c(F)c5)c4n3)nc2)CC1. The van der Waals surface area contributed by atoms with E-state index < -0.39 is 11.6 Å². The van der Waals surface area contributed by atoms with Gasteiger partial charge in [0.25, 0.3) is 0 Å². The molecular weight excluding hydrogens is 490 g/mol. The minimum Gasteiger partial charge on any atom is -0.379 e. The number of benzene rings is 1. The Morgan fingerprint density at radius 3 is 2.37 bits per heavy atom. The minimum atomic E-state index is -0.578. The molecule has 0 unspecified atom stereocenters. The number of halogens is 2. The number of aromatic nitrogens is 4. The number of piperazine rings is 1. The van der Waals surface area contributed by atoms with Gasteiger partial charge in [-0.15, -0.1) is 0 Å². The monoisotopic (exact) mass is 520 g/mol. The Balaban J connectivity index is 1.21. The van der Waals surface area contributed by atoms with E-state index in [1.54, 1.807) is 17.0 Å². The second kappa shape index (κ2) is 10.6. The maximum absolute atomic E-state index is 15.0. The predicted molar refractivity (Wildman–Crippen MR) is 142 cm³/mol. The number of pyridine rings is 1. The van der Waals surface area contributed by atoms with Crippen LogP contribution in [0.1, 0.15) is 5.56 Å². The Morgan fingerprint density at radius 2 is 1.66 bits per heavy atom. The van der Waals surface area contributed by atoms with E-state index in [1.165, 1.54) is 12.1 Å². The molecule has 0 atom stereocenters. The van der Waals surface area contributed by atoms with Crippen LogP contribution in [0.15, 0.2) is 48.9 Å². The van der Waals surface area contributed by atoms with Gasteiger partial charge in [0.2, 0.25) is 5.95 Å². The first kappa shape index (κ1) is 24.7. The highest BCUT2D eigenvalue weighted by Crippen LogP contribution is 2.25. The molecule has 1 aromatic carbocycles. The number of rotatable bonds is 6. The highest BCUT2D eigenvalue weighted by Gasteiger charge is 2.19. The molecule has 2 aliphatic heterocycles. The van der Waals surface area contributed by atoms with E-state index in [-0.39, 0.29) is 12.1 Å². The molecule has 0 bridgehead atoms. The second-order valence-corrected chi connectivity index (χ2v) is 9.75. The summed E-state index contributed by atoms with van der Waals surface area (Å²) in [6.45, 7) is 6.66. The molecular formula is C27H30F2N8O. The number of nitrogens with one attached hydrogen (secondary N) is 1. The van der Waals surface area contributed by atoms with Crippen molar-refractivity contribution in [1.29, 1.82) is 0 Å². The first-order valence-corrected chi connectivity index (χ1v) is 12.8. The number of ether oxygens (including phenoxy) is 1. The number of fused-ring (bicyclic) bond motifs is 1. The van der Waals surface area contributed by atoms with E-state index in [2.05, 4.69) is 37.1 Å². The van der Waals surface area contributed by atoms with Gasteiger partial charge < -0.3 is 24.4 Å². The molecule has 0 amide bonds. The van der Waals surface area contributed by atoms with E-state index in [1.807, 2.05) is 29.3 Å². The van der Waals surface area contributed by atoms with Gasteiger partial charge >= 0.3 is 0 Å². The van der Waals surface area contributed by atoms with E-state index in [0.717, 1.165) is 37.3 Å². The standard InChI is InChI=1S/C27H30F2N8O/c1-34-6-8-36(9-7-34)20-2-3-25(30-17-20)32-27-31-16-19-4-5-37(26(19)33-27)21-14-23(28)22(24(29)15-21)18-35-10-12-38-13-11-35/h2-5,14-17H,6-13,18H2,1H3,(H,30,31,32,33). The number of hydrogen-bond acceptors (Lipinski definition) is 8. The van der Waals surface area contributed by atoms with Crippen LogP contribution in [-0.4, -0.2) is 88.8 Å². The van der Waals surface area contributed by atoms with Crippen LogP contribution >= 0.6 is 0 Å². The molecule has 5 heterocycles. The molecule has 198 valence electrons. The minimum absolute atomic E-state index is 0.0650. The summed E-state index contributed by atoms with van der Waals surface area (Å²) in [4.78, 5) is 20.2. The van der Waals surface area contributed by atoms with Crippen LogP contribution in [0.3, 0.4) is 0 Å². The molecule has 1 N–H and O–H groups in total. The van der Waals surface area contributed by atoms with Crippen molar-refractivity contribution < 1.29 is 13.5 Å². The van der Waals surface area contributed by atoms with Gasteiger partial charge in [-0.2, -0.15) is 4.98 Å². The second-order valence-electron chi connectivity index (χ2n) is 9.75. The number of morpholine rings is 1. The first-order chi connectivity index (χ1) is 18.5. The van der Waals surface area contributed by atoms with Crippen LogP contribution in [0.25, 0.3) is 16.7 Å². The lowest BCUT2D eigenvalue weighted by atomic mass is 10.1. The van der Waals surface area contributed by atoms with Crippen molar-refractivity contribution in [3.63, 3.8) is 0 Å². The number of hydrogen-bond donors (Lipinski definition) is 1. The summed E-state index contributed by atoms with van der Waals surface area (Å²) in [7, 11) is 2.13. The molecule has 0 spiro atoms. The van der Waals surface area contributed by atoms with Crippen molar-refractivity contribution in [3.05, 3.63) is 66.1 Å². The maximum Gasteiger partial charge on any atom is 0.230 e. The molecule has 2 saturated heterocycles. The fourth-order valence-electron chi connectivity index (χ4n) is 4.88. The van der Waals surface area contributed by atoms with Gasteiger partial charge in [-0.05, 0) is 37.4 Å². The summed E-state index contributed by atoms with van der Waals surface area (Å²) in [5, 5.41) is 3.90. The third-order valence-corrected chi connectivity index (χ3v) is 7.17. The van der Waals surface area contributed by atoms with Crippen LogP contribution < -0.4 is 10.2 Å². The molecule has 0 radical (unpaired) electrons. The largest absolute Gasteiger partial charge is 0.379 e. The zero-order chi connectivity index (χ0) is 26.1. The molecule has 38 heavy (non-hydrogen) atoms. The highest BCUT2D eigenvalue weighted by molar-refractivity contribution is 5.78. The smallest absolute Gasteiger partial charge is 0.230 e. The fraction of sp³-hybridized carbons (Fsp3) is 0.370. The van der Waals surface area contributed by atoms with Gasteiger partial charge in [-0.3, -0.25) is 4.90 Å². The number of nitrogens with zero attached hydrogens (tertiary/aromatic N) is 7. The summed E-state index contributed by atoms with van der Waals surface area (Å²) in [6.07, 6.45) is 5.26. The van der Waals surface area contributed by atoms with E-state index >= 15 is 8.78 Å². The number of anilines is 3.